The fraction of sp³-hybridized carbons (Fsp3) is 0.913. The number of nitrogens with one attached hydrogen (secondary N) is 1. The summed E-state index contributed by atoms with van der Waals surface area (Å²) in [6.07, 6.45) is 9.60. The monoisotopic (exact) mass is 392 g/mol. The zero-order valence-corrected chi connectivity index (χ0v) is 18.1. The Kier molecular flexibility index (Phi) is 7.93. The lowest BCUT2D eigenvalue weighted by molar-refractivity contribution is -0.183. The van der Waals surface area contributed by atoms with Crippen LogP contribution in [0.15, 0.2) is 0 Å². The molecule has 2 aliphatic carbocycles. The average molecular weight is 393 g/mol. The molecule has 5 heteroatoms. The Hall–Kier alpha value is -0.940. The fourth-order valence-corrected chi connectivity index (χ4v) is 4.70. The van der Waals surface area contributed by atoms with Gasteiger partial charge in [0.05, 0.1) is 6.61 Å². The number of hydrogen-bond acceptors (Lipinski definition) is 4. The van der Waals surface area contributed by atoms with Crippen molar-refractivity contribution in [2.75, 3.05) is 26.2 Å². The Labute approximate surface area is 170 Å². The second-order valence-electron chi connectivity index (χ2n) is 9.88. The summed E-state index contributed by atoms with van der Waals surface area (Å²) in [4.78, 5) is 29.5. The molecule has 2 saturated heterocycles. The van der Waals surface area contributed by atoms with E-state index in [1.807, 2.05) is 0 Å². The highest BCUT2D eigenvalue weighted by Crippen LogP contribution is 2.35. The molecule has 2 heterocycles. The maximum atomic E-state index is 12.0. The molecular weight excluding hydrogens is 352 g/mol. The molecule has 1 amide bonds. The first-order valence-corrected chi connectivity index (χ1v) is 11.6. The van der Waals surface area contributed by atoms with Crippen molar-refractivity contribution >= 4 is 11.7 Å². The van der Waals surface area contributed by atoms with Crippen LogP contribution in [-0.2, 0) is 14.4 Å². The van der Waals surface area contributed by atoms with Crippen molar-refractivity contribution in [3.05, 3.63) is 0 Å². The Morgan fingerprint density at radius 2 is 1.82 bits per heavy atom. The second-order valence-corrected chi connectivity index (χ2v) is 9.88. The maximum absolute atomic E-state index is 12.0. The molecule has 0 aromatic rings. The zero-order valence-electron chi connectivity index (χ0n) is 18.1. The van der Waals surface area contributed by atoms with Gasteiger partial charge < -0.3 is 5.32 Å². The van der Waals surface area contributed by atoms with Crippen molar-refractivity contribution in [1.29, 1.82) is 0 Å². The third-order valence-corrected chi connectivity index (χ3v) is 7.12. The quantitative estimate of drug-likeness (QED) is 0.698. The lowest BCUT2D eigenvalue weighted by Gasteiger charge is -2.28. The highest BCUT2D eigenvalue weighted by atomic mass is 16.7. The minimum atomic E-state index is -0.417. The Bertz CT molecular complexity index is 518. The van der Waals surface area contributed by atoms with Crippen LogP contribution in [0.1, 0.15) is 72.1 Å². The molecule has 160 valence electrons. The van der Waals surface area contributed by atoms with Crippen LogP contribution in [0.2, 0.25) is 0 Å². The molecule has 1 N–H and O–H groups in total. The minimum Gasteiger partial charge on any atom is -0.316 e. The summed E-state index contributed by atoms with van der Waals surface area (Å²) in [5, 5.41) is 4.69. The van der Waals surface area contributed by atoms with E-state index >= 15 is 0 Å². The van der Waals surface area contributed by atoms with Crippen LogP contribution in [0.4, 0.5) is 0 Å². The third kappa shape index (κ3) is 6.03. The SMILES string of the molecule is CC1CCC(C(C)C)CC1.O=C(C1CC1)C1CCN(OCC2CCNC2)C1=O. The summed E-state index contributed by atoms with van der Waals surface area (Å²) in [7, 11) is 0. The van der Waals surface area contributed by atoms with E-state index in [9.17, 15) is 9.59 Å². The van der Waals surface area contributed by atoms with Crippen LogP contribution in [-0.4, -0.2) is 43.0 Å². The topological polar surface area (TPSA) is 58.6 Å². The maximum Gasteiger partial charge on any atom is 0.256 e. The van der Waals surface area contributed by atoms with Gasteiger partial charge in [-0.25, -0.2) is 5.06 Å². The molecule has 0 aromatic heterocycles. The van der Waals surface area contributed by atoms with E-state index in [0.29, 0.717) is 25.5 Å². The van der Waals surface area contributed by atoms with E-state index in [2.05, 4.69) is 26.1 Å². The Morgan fingerprint density at radius 1 is 1.11 bits per heavy atom. The van der Waals surface area contributed by atoms with Crippen LogP contribution in [0.5, 0.6) is 0 Å². The van der Waals surface area contributed by atoms with Gasteiger partial charge in [-0.15, -0.1) is 0 Å². The molecule has 28 heavy (non-hydrogen) atoms. The Balaban J connectivity index is 0.000000192. The van der Waals surface area contributed by atoms with E-state index in [1.54, 1.807) is 0 Å². The number of carbonyl (C=O) groups excluding carboxylic acids is 2. The van der Waals surface area contributed by atoms with Crippen molar-refractivity contribution in [2.45, 2.75) is 72.1 Å². The molecule has 0 spiro atoms. The zero-order chi connectivity index (χ0) is 20.1. The highest BCUT2D eigenvalue weighted by molar-refractivity contribution is 6.04. The van der Waals surface area contributed by atoms with Gasteiger partial charge in [-0.1, -0.05) is 33.6 Å². The van der Waals surface area contributed by atoms with Gasteiger partial charge >= 0.3 is 0 Å². The number of hydrogen-bond donors (Lipinski definition) is 1. The first-order chi connectivity index (χ1) is 13.5. The molecule has 2 atom stereocenters. The molecule has 4 fully saturated rings. The number of rotatable bonds is 6. The number of ketones is 1. The van der Waals surface area contributed by atoms with E-state index in [0.717, 1.165) is 50.1 Å². The van der Waals surface area contributed by atoms with Crippen LogP contribution in [0.3, 0.4) is 0 Å². The number of amides is 1. The molecular formula is C23H40N2O3. The van der Waals surface area contributed by atoms with Crippen molar-refractivity contribution in [3.8, 4) is 0 Å². The summed E-state index contributed by atoms with van der Waals surface area (Å²) in [6.45, 7) is 10.3. The normalized spacial score (nSPS) is 33.1. The van der Waals surface area contributed by atoms with Gasteiger partial charge in [0.25, 0.3) is 5.91 Å². The van der Waals surface area contributed by atoms with Gasteiger partial charge in [0.2, 0.25) is 0 Å². The van der Waals surface area contributed by atoms with Crippen molar-refractivity contribution in [1.82, 2.24) is 10.4 Å². The first-order valence-electron chi connectivity index (χ1n) is 11.6. The largest absolute Gasteiger partial charge is 0.316 e. The van der Waals surface area contributed by atoms with Gasteiger partial charge in [-0.2, -0.15) is 0 Å². The summed E-state index contributed by atoms with van der Waals surface area (Å²) in [5.41, 5.74) is 0. The van der Waals surface area contributed by atoms with Crippen molar-refractivity contribution in [3.63, 3.8) is 0 Å². The smallest absolute Gasteiger partial charge is 0.256 e. The van der Waals surface area contributed by atoms with Crippen molar-refractivity contribution in [2.24, 2.45) is 35.5 Å². The first kappa shape index (κ1) is 21.8. The van der Waals surface area contributed by atoms with Gasteiger partial charge in [-0.3, -0.25) is 14.4 Å². The summed E-state index contributed by atoms with van der Waals surface area (Å²) < 4.78 is 0. The number of Topliss-reactive ketones (excluding diaryl/α,β-unsaturated/α-hetero) is 1. The highest BCUT2D eigenvalue weighted by Gasteiger charge is 2.43. The van der Waals surface area contributed by atoms with E-state index < -0.39 is 5.92 Å². The van der Waals surface area contributed by atoms with E-state index in [4.69, 9.17) is 4.84 Å². The minimum absolute atomic E-state index is 0.113. The lowest BCUT2D eigenvalue weighted by atomic mass is 9.78. The van der Waals surface area contributed by atoms with Gasteiger partial charge in [0.1, 0.15) is 11.7 Å². The van der Waals surface area contributed by atoms with Gasteiger partial charge in [0, 0.05) is 19.0 Å². The summed E-state index contributed by atoms with van der Waals surface area (Å²) in [5.74, 6) is 3.25. The predicted molar refractivity (Wildman–Crippen MR) is 110 cm³/mol. The van der Waals surface area contributed by atoms with Crippen LogP contribution >= 0.6 is 0 Å². The second kappa shape index (κ2) is 10.2. The number of carbonyl (C=O) groups is 2. The number of hydroxylamine groups is 2. The third-order valence-electron chi connectivity index (χ3n) is 7.12. The standard InChI is InChI=1S/C13H20N2O3.C10H20/c16-12(10-1-2-10)11-4-6-15(13(11)17)18-8-9-3-5-14-7-9;1-8(2)10-6-4-9(3)5-7-10/h9-11,14H,1-8H2;8-10H,4-7H2,1-3H3. The molecule has 0 radical (unpaired) electrons. The predicted octanol–water partition coefficient (Wildman–Crippen LogP) is 3.82. The molecule has 2 saturated carbocycles. The van der Waals surface area contributed by atoms with Crippen LogP contribution in [0.25, 0.3) is 0 Å². The average Bonchev–Trinajstić information content (AvgIpc) is 3.28. The van der Waals surface area contributed by atoms with Gasteiger partial charge in [-0.05, 0) is 68.7 Å². The molecule has 4 rings (SSSR count). The summed E-state index contributed by atoms with van der Waals surface area (Å²) >= 11 is 0. The Morgan fingerprint density at radius 3 is 2.39 bits per heavy atom. The molecule has 2 aliphatic heterocycles. The van der Waals surface area contributed by atoms with Crippen LogP contribution < -0.4 is 5.32 Å². The molecule has 0 bridgehead atoms. The molecule has 4 aliphatic rings. The lowest BCUT2D eigenvalue weighted by Crippen LogP contribution is -2.32. The number of nitrogens with zero attached hydrogens (tertiary/aromatic N) is 1. The van der Waals surface area contributed by atoms with Gasteiger partial charge in [0.15, 0.2) is 0 Å². The molecule has 0 aromatic carbocycles. The molecule has 2 unspecified atom stereocenters. The van der Waals surface area contributed by atoms with Crippen molar-refractivity contribution < 1.29 is 14.4 Å². The van der Waals surface area contributed by atoms with E-state index in [1.165, 1.54) is 30.7 Å². The fourth-order valence-electron chi connectivity index (χ4n) is 4.70. The molecule has 5 nitrogen and oxygen atoms in total. The van der Waals surface area contributed by atoms with E-state index in [-0.39, 0.29) is 17.6 Å². The van der Waals surface area contributed by atoms with Crippen LogP contribution in [0, 0.1) is 35.5 Å². The summed E-state index contributed by atoms with van der Waals surface area (Å²) in [6, 6.07) is 0.